The summed E-state index contributed by atoms with van der Waals surface area (Å²) in [5.41, 5.74) is 16.2. The lowest BCUT2D eigenvalue weighted by molar-refractivity contribution is -0.144. The number of halogens is 2. The van der Waals surface area contributed by atoms with Crippen LogP contribution in [0.15, 0.2) is 48.0 Å². The Balaban J connectivity index is 0.00000980. The van der Waals surface area contributed by atoms with E-state index in [1.807, 2.05) is 78.8 Å². The second kappa shape index (κ2) is 24.5. The van der Waals surface area contributed by atoms with Crippen molar-refractivity contribution in [1.29, 1.82) is 0 Å². The summed E-state index contributed by atoms with van der Waals surface area (Å²) in [6.45, 7) is 13.4. The number of likely N-dealkylation sites (tertiary alicyclic amines) is 2. The number of ether oxygens (including phenoxy) is 1. The van der Waals surface area contributed by atoms with E-state index in [9.17, 15) is 33.9 Å². The van der Waals surface area contributed by atoms with Crippen LogP contribution in [-0.4, -0.2) is 111 Å². The summed E-state index contributed by atoms with van der Waals surface area (Å²) in [4.78, 5) is 88.0. The molecule has 0 aliphatic carbocycles. The minimum atomic E-state index is -0.982. The number of aromatic nitrogens is 1. The fraction of sp³-hybridized carbons (Fsp3) is 0.562. The van der Waals surface area contributed by atoms with Gasteiger partial charge in [0.25, 0.3) is 0 Å². The average Bonchev–Trinajstić information content (AvgIpc) is 4.03. The van der Waals surface area contributed by atoms with Crippen molar-refractivity contribution < 1.29 is 38.6 Å². The van der Waals surface area contributed by atoms with E-state index in [1.165, 1.54) is 9.80 Å². The second-order valence-electron chi connectivity index (χ2n) is 18.9. The summed E-state index contributed by atoms with van der Waals surface area (Å²) in [5.74, 6) is -2.13. The zero-order valence-electron chi connectivity index (χ0n) is 39.5. The van der Waals surface area contributed by atoms with Crippen molar-refractivity contribution in [2.75, 3.05) is 19.7 Å². The van der Waals surface area contributed by atoms with Crippen LogP contribution in [0, 0.1) is 18.3 Å². The molecule has 0 spiro atoms. The van der Waals surface area contributed by atoms with E-state index in [1.54, 1.807) is 29.0 Å². The van der Waals surface area contributed by atoms with E-state index < -0.39 is 53.5 Å². The molecule has 0 saturated carbocycles. The Morgan fingerprint density at radius 1 is 0.955 bits per heavy atom. The van der Waals surface area contributed by atoms with Gasteiger partial charge in [-0.25, -0.2) is 4.98 Å². The number of hydrogen-bond donors (Lipinski definition) is 6. The van der Waals surface area contributed by atoms with Gasteiger partial charge in [-0.05, 0) is 80.0 Å². The number of aliphatic hydroxyl groups excluding tert-OH is 1. The number of hydrogen-bond acceptors (Lipinski definition) is 11. The highest BCUT2D eigenvalue weighted by Gasteiger charge is 2.45. The Labute approximate surface area is 409 Å². The number of thiazole rings is 1. The molecule has 8 N–H and O–H groups in total. The van der Waals surface area contributed by atoms with Crippen molar-refractivity contribution in [3.63, 3.8) is 0 Å². The molecule has 7 atom stereocenters. The van der Waals surface area contributed by atoms with Crippen LogP contribution < -0.4 is 32.2 Å². The Morgan fingerprint density at radius 2 is 1.64 bits per heavy atom. The Hall–Kier alpha value is -4.81. The molecule has 19 heteroatoms. The largest absolute Gasteiger partial charge is 0.490 e. The first-order chi connectivity index (χ1) is 31.2. The molecule has 368 valence electrons. The lowest BCUT2D eigenvalue weighted by Crippen LogP contribution is -2.57. The van der Waals surface area contributed by atoms with Crippen LogP contribution >= 0.6 is 35.3 Å². The van der Waals surface area contributed by atoms with Gasteiger partial charge in [-0.15, -0.1) is 23.7 Å². The molecule has 67 heavy (non-hydrogen) atoms. The minimum absolute atomic E-state index is 0. The Morgan fingerprint density at radius 3 is 2.27 bits per heavy atom. The van der Waals surface area contributed by atoms with E-state index in [4.69, 9.17) is 27.8 Å². The molecular formula is C48H68Cl2N8O8S. The summed E-state index contributed by atoms with van der Waals surface area (Å²) in [7, 11) is 0. The quantitative estimate of drug-likeness (QED) is 0.0887. The molecule has 2 aliphatic heterocycles. The first kappa shape index (κ1) is 54.8. The lowest BCUT2D eigenvalue weighted by Gasteiger charge is -2.35. The van der Waals surface area contributed by atoms with Gasteiger partial charge in [-0.2, -0.15) is 0 Å². The fourth-order valence-electron chi connectivity index (χ4n) is 8.33. The zero-order valence-corrected chi connectivity index (χ0v) is 41.9. The number of carbonyl (C=O) groups excluding carboxylic acids is 6. The molecule has 1 aromatic heterocycles. The van der Waals surface area contributed by atoms with Crippen molar-refractivity contribution in [3.8, 4) is 16.2 Å². The van der Waals surface area contributed by atoms with Gasteiger partial charge in [0.1, 0.15) is 30.5 Å². The molecule has 2 aromatic carbocycles. The number of benzene rings is 2. The maximum atomic E-state index is 14.2. The lowest BCUT2D eigenvalue weighted by atomic mass is 9.85. The summed E-state index contributed by atoms with van der Waals surface area (Å²) in [5, 5.41) is 19.9. The van der Waals surface area contributed by atoms with Crippen molar-refractivity contribution in [2.24, 2.45) is 22.8 Å². The Kier molecular flexibility index (Phi) is 20.0. The van der Waals surface area contributed by atoms with Crippen LogP contribution in [0.1, 0.15) is 109 Å². The molecule has 16 nitrogen and oxygen atoms in total. The molecule has 3 heterocycles. The third-order valence-corrected chi connectivity index (χ3v) is 13.7. The van der Waals surface area contributed by atoms with E-state index >= 15 is 0 Å². The monoisotopic (exact) mass is 986 g/mol. The highest BCUT2D eigenvalue weighted by atomic mass is 35.5. The van der Waals surface area contributed by atoms with Crippen molar-refractivity contribution in [1.82, 2.24) is 30.7 Å². The number of β-amino-alcohol motifs (C(OH)–C–C–N with tert-alkyl or cyclic N) is 1. The van der Waals surface area contributed by atoms with Crippen LogP contribution in [0.25, 0.3) is 10.4 Å². The van der Waals surface area contributed by atoms with E-state index in [0.29, 0.717) is 48.6 Å². The molecule has 3 aromatic rings. The molecular weight excluding hydrogens is 920 g/mol. The molecule has 2 aliphatic rings. The summed E-state index contributed by atoms with van der Waals surface area (Å²) >= 11 is 8.37. The molecule has 4 unspecified atom stereocenters. The zero-order chi connectivity index (χ0) is 48.5. The van der Waals surface area contributed by atoms with Gasteiger partial charge in [0.2, 0.25) is 35.4 Å². The molecule has 0 bridgehead atoms. The number of aryl methyl sites for hydroxylation is 2. The van der Waals surface area contributed by atoms with Crippen LogP contribution in [-0.2, 0) is 35.2 Å². The number of aliphatic hydroxyl groups is 1. The number of rotatable bonds is 20. The number of nitrogens with two attached hydrogens (primary N) is 2. The van der Waals surface area contributed by atoms with Crippen LogP contribution in [0.2, 0.25) is 5.02 Å². The molecule has 6 amide bonds. The van der Waals surface area contributed by atoms with Crippen LogP contribution in [0.3, 0.4) is 0 Å². The third-order valence-electron chi connectivity index (χ3n) is 12.3. The van der Waals surface area contributed by atoms with Crippen molar-refractivity contribution in [3.05, 3.63) is 69.8 Å². The van der Waals surface area contributed by atoms with Gasteiger partial charge in [0, 0.05) is 32.4 Å². The fourth-order valence-corrected chi connectivity index (χ4v) is 9.42. The van der Waals surface area contributed by atoms with Crippen molar-refractivity contribution >= 4 is 70.8 Å². The number of amides is 6. The maximum Gasteiger partial charge on any atom is 0.246 e. The van der Waals surface area contributed by atoms with Crippen LogP contribution in [0.4, 0.5) is 0 Å². The standard InChI is InChI=1S/C48H67ClN8O8S.ClH/c1-27(2)41(51)46(63)56-22-10-13-35(56)44(61)54-33(20-21-38(50)59)25-65-37-14-8-11-31(40(37)49)12-9-15-39(60)55-43(48(5,6)7)47(64)57-24-34(58)23-36(57)45(62)53-28(3)30-16-18-32(19-17-30)42-29(4)52-26-66-42;/h8,11,14,16-19,26-28,33-36,41,43,58H,9-10,12-13,15,20-25,51H2,1-7H3,(H2,50,59)(H,53,62)(H,54,61)(H,55,60);1H/t28?,33?,34-,35+,36+,41?,43?;/m1./s1. The predicted octanol–water partition coefficient (Wildman–Crippen LogP) is 4.99. The number of carbonyl (C=O) groups is 6. The van der Waals surface area contributed by atoms with Crippen molar-refractivity contribution in [2.45, 2.75) is 142 Å². The topological polar surface area (TPSA) is 239 Å². The van der Waals surface area contributed by atoms with E-state index in [2.05, 4.69) is 20.9 Å². The SMILES string of the molecule is Cc1ncsc1-c1ccc(C(C)NC(=O)[C@@H]2C[C@@H](O)CN2C(=O)C(NC(=O)CCCc2cccc(OCC(CCC(N)=O)NC(=O)[C@@H]3CCCN3C(=O)C(N)C(C)C)c2Cl)C(C)(C)C)cc1.Cl. The van der Waals surface area contributed by atoms with Gasteiger partial charge >= 0.3 is 0 Å². The molecule has 2 fully saturated rings. The maximum absolute atomic E-state index is 14.2. The highest BCUT2D eigenvalue weighted by molar-refractivity contribution is 7.13. The molecule has 2 saturated heterocycles. The first-order valence-corrected chi connectivity index (χ1v) is 24.1. The van der Waals surface area contributed by atoms with Gasteiger partial charge < -0.3 is 47.1 Å². The summed E-state index contributed by atoms with van der Waals surface area (Å²) < 4.78 is 6.10. The van der Waals surface area contributed by atoms with E-state index in [-0.39, 0.29) is 86.8 Å². The highest BCUT2D eigenvalue weighted by Crippen LogP contribution is 2.32. The van der Waals surface area contributed by atoms with Gasteiger partial charge in [0.05, 0.1) is 45.3 Å². The smallest absolute Gasteiger partial charge is 0.246 e. The number of nitrogens with zero attached hydrogens (tertiary/aromatic N) is 3. The summed E-state index contributed by atoms with van der Waals surface area (Å²) in [6, 6.07) is 8.82. The summed E-state index contributed by atoms with van der Waals surface area (Å²) in [6.07, 6.45) is 1.35. The van der Waals surface area contributed by atoms with Gasteiger partial charge in [0.15, 0.2) is 0 Å². The van der Waals surface area contributed by atoms with Gasteiger partial charge in [-0.1, -0.05) is 82.6 Å². The van der Waals surface area contributed by atoms with Gasteiger partial charge in [-0.3, -0.25) is 28.8 Å². The third kappa shape index (κ3) is 14.6. The normalized spacial score (nSPS) is 18.9. The minimum Gasteiger partial charge on any atom is -0.490 e. The number of nitrogens with one attached hydrogen (secondary N) is 3. The predicted molar refractivity (Wildman–Crippen MR) is 261 cm³/mol. The molecule has 5 rings (SSSR count). The Bertz CT molecular complexity index is 2200. The van der Waals surface area contributed by atoms with Crippen LogP contribution in [0.5, 0.6) is 5.75 Å². The number of primary amides is 1. The first-order valence-electron chi connectivity index (χ1n) is 22.8. The molecule has 0 radical (unpaired) electrons. The second-order valence-corrected chi connectivity index (χ2v) is 20.2. The van der Waals surface area contributed by atoms with E-state index in [0.717, 1.165) is 21.7 Å². The average molecular weight is 988 g/mol.